The van der Waals surface area contributed by atoms with E-state index in [0.29, 0.717) is 5.92 Å². The van der Waals surface area contributed by atoms with Gasteiger partial charge in [0.05, 0.1) is 0 Å². The van der Waals surface area contributed by atoms with Crippen molar-refractivity contribution in [1.29, 1.82) is 0 Å². The van der Waals surface area contributed by atoms with Gasteiger partial charge in [-0.3, -0.25) is 4.79 Å². The number of hydrogen-bond acceptors (Lipinski definition) is 1. The van der Waals surface area contributed by atoms with E-state index >= 15 is 0 Å². The number of amides is 1. The largest absolute Gasteiger partial charge is 0.310 e. The molecule has 0 bridgehead atoms. The minimum atomic E-state index is 0.133. The fraction of sp³-hybridized carbons (Fsp3) is 0.316. The van der Waals surface area contributed by atoms with Crippen LogP contribution < -0.4 is 4.90 Å². The molecule has 0 saturated carbocycles. The van der Waals surface area contributed by atoms with Gasteiger partial charge in [-0.2, -0.15) is 0 Å². The molecule has 0 N–H and O–H groups in total. The van der Waals surface area contributed by atoms with Crippen LogP contribution in [-0.4, -0.2) is 11.9 Å². The van der Waals surface area contributed by atoms with Crippen molar-refractivity contribution in [3.63, 3.8) is 0 Å². The second-order valence-corrected chi connectivity index (χ2v) is 5.92. The Morgan fingerprint density at radius 1 is 1.10 bits per heavy atom. The standard InChI is InChI=1S/C19H21NO/c1-14-12-17(13-16-8-4-3-5-9-16)18-10-6-7-11-19(18)20(14)15(2)21/h3-11,14,17H,12-13H2,1-2H3/t14-,17-/m0/s1. The first-order valence-corrected chi connectivity index (χ1v) is 7.59. The van der Waals surface area contributed by atoms with Gasteiger partial charge in [0, 0.05) is 18.7 Å². The molecular weight excluding hydrogens is 258 g/mol. The third-order valence-electron chi connectivity index (χ3n) is 4.37. The van der Waals surface area contributed by atoms with Crippen molar-refractivity contribution in [2.75, 3.05) is 4.90 Å². The van der Waals surface area contributed by atoms with Crippen molar-refractivity contribution in [3.05, 3.63) is 65.7 Å². The van der Waals surface area contributed by atoms with Gasteiger partial charge in [-0.25, -0.2) is 0 Å². The zero-order chi connectivity index (χ0) is 14.8. The predicted octanol–water partition coefficient (Wildman–Crippen LogP) is 4.16. The normalized spacial score (nSPS) is 21.0. The molecule has 0 fully saturated rings. The van der Waals surface area contributed by atoms with Crippen LogP contribution >= 0.6 is 0 Å². The highest BCUT2D eigenvalue weighted by molar-refractivity contribution is 5.93. The number of rotatable bonds is 2. The van der Waals surface area contributed by atoms with Crippen LogP contribution in [0.2, 0.25) is 0 Å². The van der Waals surface area contributed by atoms with Crippen molar-refractivity contribution in [2.24, 2.45) is 0 Å². The van der Waals surface area contributed by atoms with E-state index in [0.717, 1.165) is 18.5 Å². The molecule has 0 radical (unpaired) electrons. The highest BCUT2D eigenvalue weighted by Gasteiger charge is 2.31. The van der Waals surface area contributed by atoms with Crippen LogP contribution in [0.3, 0.4) is 0 Å². The summed E-state index contributed by atoms with van der Waals surface area (Å²) >= 11 is 0. The van der Waals surface area contributed by atoms with Gasteiger partial charge < -0.3 is 4.90 Å². The van der Waals surface area contributed by atoms with Crippen molar-refractivity contribution in [1.82, 2.24) is 0 Å². The molecule has 1 aliphatic rings. The molecule has 2 nitrogen and oxygen atoms in total. The summed E-state index contributed by atoms with van der Waals surface area (Å²) in [6.07, 6.45) is 2.05. The van der Waals surface area contributed by atoms with E-state index in [1.54, 1.807) is 6.92 Å². The minimum absolute atomic E-state index is 0.133. The Bertz CT molecular complexity index is 635. The van der Waals surface area contributed by atoms with Crippen molar-refractivity contribution >= 4 is 11.6 Å². The van der Waals surface area contributed by atoms with Gasteiger partial charge >= 0.3 is 0 Å². The summed E-state index contributed by atoms with van der Waals surface area (Å²) in [5.41, 5.74) is 3.75. The molecule has 21 heavy (non-hydrogen) atoms. The number of fused-ring (bicyclic) bond motifs is 1. The van der Waals surface area contributed by atoms with Crippen molar-refractivity contribution < 1.29 is 4.79 Å². The molecule has 0 spiro atoms. The third kappa shape index (κ3) is 2.71. The highest BCUT2D eigenvalue weighted by atomic mass is 16.2. The average Bonchev–Trinajstić information content (AvgIpc) is 2.48. The molecule has 0 saturated heterocycles. The van der Waals surface area contributed by atoms with Crippen LogP contribution in [0.25, 0.3) is 0 Å². The lowest BCUT2D eigenvalue weighted by Gasteiger charge is -2.39. The second kappa shape index (κ2) is 5.72. The van der Waals surface area contributed by atoms with Crippen molar-refractivity contribution in [3.8, 4) is 0 Å². The summed E-state index contributed by atoms with van der Waals surface area (Å²) < 4.78 is 0. The topological polar surface area (TPSA) is 20.3 Å². The minimum Gasteiger partial charge on any atom is -0.310 e. The summed E-state index contributed by atoms with van der Waals surface area (Å²) in [4.78, 5) is 13.9. The number of nitrogens with zero attached hydrogens (tertiary/aromatic N) is 1. The summed E-state index contributed by atoms with van der Waals surface area (Å²) in [6.45, 7) is 3.81. The summed E-state index contributed by atoms with van der Waals surface area (Å²) in [5, 5.41) is 0. The quantitative estimate of drug-likeness (QED) is 0.808. The molecule has 108 valence electrons. The van der Waals surface area contributed by atoms with E-state index in [-0.39, 0.29) is 11.9 Å². The van der Waals surface area contributed by atoms with Gasteiger partial charge in [0.2, 0.25) is 5.91 Å². The van der Waals surface area contributed by atoms with Crippen molar-refractivity contribution in [2.45, 2.75) is 38.6 Å². The maximum Gasteiger partial charge on any atom is 0.224 e. The Balaban J connectivity index is 1.96. The molecule has 1 amide bonds. The predicted molar refractivity (Wildman–Crippen MR) is 86.6 cm³/mol. The number of carbonyl (C=O) groups is 1. The molecule has 0 aliphatic carbocycles. The van der Waals surface area contributed by atoms with E-state index in [4.69, 9.17) is 0 Å². The van der Waals surface area contributed by atoms with E-state index in [9.17, 15) is 4.79 Å². The van der Waals surface area contributed by atoms with Gasteiger partial charge in [0.15, 0.2) is 0 Å². The SMILES string of the molecule is CC(=O)N1c2ccccc2[C@H](Cc2ccccc2)C[C@@H]1C. The van der Waals surface area contributed by atoms with Crippen LogP contribution in [0.4, 0.5) is 5.69 Å². The molecule has 2 heteroatoms. The number of hydrogen-bond donors (Lipinski definition) is 0. The number of benzene rings is 2. The Kier molecular flexibility index (Phi) is 3.78. The molecule has 1 heterocycles. The van der Waals surface area contributed by atoms with E-state index in [1.807, 2.05) is 11.0 Å². The fourth-order valence-electron chi connectivity index (χ4n) is 3.51. The maximum absolute atomic E-state index is 12.0. The number of para-hydroxylation sites is 1. The average molecular weight is 279 g/mol. The maximum atomic E-state index is 12.0. The monoisotopic (exact) mass is 279 g/mol. The molecular formula is C19H21NO. The van der Waals surface area contributed by atoms with Crippen LogP contribution in [0, 0.1) is 0 Å². The molecule has 2 aromatic carbocycles. The molecule has 2 atom stereocenters. The smallest absolute Gasteiger partial charge is 0.224 e. The molecule has 0 aromatic heterocycles. The van der Waals surface area contributed by atoms with Crippen LogP contribution in [-0.2, 0) is 11.2 Å². The van der Waals surface area contributed by atoms with Crippen LogP contribution in [0.1, 0.15) is 37.3 Å². The van der Waals surface area contributed by atoms with Gasteiger partial charge in [0.1, 0.15) is 0 Å². The zero-order valence-corrected chi connectivity index (χ0v) is 12.6. The fourth-order valence-corrected chi connectivity index (χ4v) is 3.51. The molecule has 2 aromatic rings. The first kappa shape index (κ1) is 13.9. The Labute approximate surface area is 126 Å². The second-order valence-electron chi connectivity index (χ2n) is 5.92. The number of anilines is 1. The lowest BCUT2D eigenvalue weighted by atomic mass is 9.82. The first-order valence-electron chi connectivity index (χ1n) is 7.59. The molecule has 1 aliphatic heterocycles. The van der Waals surface area contributed by atoms with E-state index in [1.165, 1.54) is 11.1 Å². The lowest BCUT2D eigenvalue weighted by molar-refractivity contribution is -0.117. The molecule has 0 unspecified atom stereocenters. The lowest BCUT2D eigenvalue weighted by Crippen LogP contribution is -2.42. The van der Waals surface area contributed by atoms with Gasteiger partial charge in [-0.1, -0.05) is 48.5 Å². The third-order valence-corrected chi connectivity index (χ3v) is 4.37. The Morgan fingerprint density at radius 2 is 1.76 bits per heavy atom. The summed E-state index contributed by atoms with van der Waals surface area (Å²) in [7, 11) is 0. The highest BCUT2D eigenvalue weighted by Crippen LogP contribution is 2.40. The first-order chi connectivity index (χ1) is 10.2. The summed E-state index contributed by atoms with van der Waals surface area (Å²) in [5.74, 6) is 0.613. The van der Waals surface area contributed by atoms with E-state index in [2.05, 4.69) is 55.5 Å². The van der Waals surface area contributed by atoms with Gasteiger partial charge in [-0.15, -0.1) is 0 Å². The Morgan fingerprint density at radius 3 is 2.48 bits per heavy atom. The number of carbonyl (C=O) groups excluding carboxylic acids is 1. The van der Waals surface area contributed by atoms with Crippen LogP contribution in [0.15, 0.2) is 54.6 Å². The summed E-state index contributed by atoms with van der Waals surface area (Å²) in [6, 6.07) is 19.2. The van der Waals surface area contributed by atoms with E-state index < -0.39 is 0 Å². The zero-order valence-electron chi connectivity index (χ0n) is 12.6. The Hall–Kier alpha value is -2.09. The van der Waals surface area contributed by atoms with Crippen LogP contribution in [0.5, 0.6) is 0 Å². The molecule has 3 rings (SSSR count). The van der Waals surface area contributed by atoms with Gasteiger partial charge in [0.25, 0.3) is 0 Å². The van der Waals surface area contributed by atoms with Gasteiger partial charge in [-0.05, 0) is 42.9 Å².